The minimum absolute atomic E-state index is 0.0899. The van der Waals surface area contributed by atoms with E-state index in [2.05, 4.69) is 23.2 Å². The summed E-state index contributed by atoms with van der Waals surface area (Å²) in [6, 6.07) is 0. The van der Waals surface area contributed by atoms with Gasteiger partial charge in [-0.15, -0.1) is 0 Å². The summed E-state index contributed by atoms with van der Waals surface area (Å²) in [7, 11) is 2.50. The van der Waals surface area contributed by atoms with Crippen LogP contribution in [0.4, 0.5) is 17.6 Å². The maximum atomic E-state index is 12.6. The first kappa shape index (κ1) is 13.7. The van der Waals surface area contributed by atoms with Gasteiger partial charge in [0.2, 0.25) is 0 Å². The van der Waals surface area contributed by atoms with Crippen molar-refractivity contribution in [2.75, 3.05) is 0 Å². The van der Waals surface area contributed by atoms with E-state index in [-0.39, 0.29) is 8.83 Å². The summed E-state index contributed by atoms with van der Waals surface area (Å²) in [5.41, 5.74) is -7.85. The third kappa shape index (κ3) is 3.58. The predicted molar refractivity (Wildman–Crippen MR) is 55.6 cm³/mol. The lowest BCUT2D eigenvalue weighted by atomic mass is 11.2. The van der Waals surface area contributed by atoms with Gasteiger partial charge in [0, 0.05) is 41.6 Å². The molecule has 0 N–H and O–H groups in total. The third-order valence-corrected chi connectivity index (χ3v) is 7.17. The summed E-state index contributed by atoms with van der Waals surface area (Å²) in [6.45, 7) is 0. The largest absolute Gasteiger partial charge is 0.408 e. The molecule has 1 aliphatic rings. The number of halogens is 6. The average molecular weight is 327 g/mol. The highest BCUT2D eigenvalue weighted by Gasteiger charge is 2.52. The summed E-state index contributed by atoms with van der Waals surface area (Å²) in [5.74, 6) is 0. The summed E-state index contributed by atoms with van der Waals surface area (Å²) >= 11 is 9.23. The van der Waals surface area contributed by atoms with Gasteiger partial charge in [0.05, 0.1) is 0 Å². The summed E-state index contributed by atoms with van der Waals surface area (Å²) in [4.78, 5) is 0. The topological polar surface area (TPSA) is 6.48 Å². The Hall–Kier alpha value is 1.62. The van der Waals surface area contributed by atoms with E-state index in [0.29, 0.717) is 22.0 Å². The smallest absolute Gasteiger partial charge is 0.169 e. The van der Waals surface area contributed by atoms with Crippen LogP contribution in [0, 0.1) is 0 Å². The van der Waals surface area contributed by atoms with E-state index in [1.807, 2.05) is 0 Å². The van der Waals surface area contributed by atoms with Crippen molar-refractivity contribution in [2.45, 2.75) is 11.0 Å². The molecule has 12 heteroatoms. The van der Waals surface area contributed by atoms with Gasteiger partial charge in [-0.1, -0.05) is 8.83 Å². The normalized spacial score (nSPS) is 22.7. The molecule has 0 amide bonds. The predicted octanol–water partition coefficient (Wildman–Crippen LogP) is 4.61. The van der Waals surface area contributed by atoms with Crippen LogP contribution in [0.2, 0.25) is 0 Å². The molecule has 0 aromatic heterocycles. The van der Waals surface area contributed by atoms with E-state index in [0.717, 1.165) is 19.7 Å². The Morgan fingerprint density at radius 3 is 1.29 bits per heavy atom. The van der Waals surface area contributed by atoms with Crippen LogP contribution in [-0.4, -0.2) is 19.8 Å². The molecule has 0 saturated carbocycles. The van der Waals surface area contributed by atoms with Crippen LogP contribution < -0.4 is 0 Å². The Bertz CT molecular complexity index is 186. The number of hydrogen-bond acceptors (Lipinski definition) is 6. The monoisotopic (exact) mass is 326 g/mol. The fourth-order valence-corrected chi connectivity index (χ4v) is 6.52. The molecule has 1 fully saturated rings. The zero-order valence-corrected chi connectivity index (χ0v) is 10.6. The zero-order chi connectivity index (χ0) is 11.0. The van der Waals surface area contributed by atoms with Crippen molar-refractivity contribution in [1.29, 1.82) is 0 Å². The fraction of sp³-hybridized carbons (Fsp3) is 1.00. The Morgan fingerprint density at radius 1 is 0.786 bits per heavy atom. The Labute approximate surface area is 102 Å². The molecule has 84 valence electrons. The molecule has 0 bridgehead atoms. The Morgan fingerprint density at radius 2 is 1.07 bits per heavy atom. The lowest BCUT2D eigenvalue weighted by Crippen LogP contribution is -2.48. The van der Waals surface area contributed by atoms with Crippen molar-refractivity contribution >= 4 is 64.8 Å². The van der Waals surface area contributed by atoms with Gasteiger partial charge in [0.1, 0.15) is 0 Å². The molecule has 1 aliphatic heterocycles. The molecular weight excluding hydrogens is 327 g/mol. The molecular formula is C2Cl2F4N2S4. The molecule has 0 radical (unpaired) electrons. The van der Waals surface area contributed by atoms with Crippen LogP contribution in [-0.2, 0) is 0 Å². The molecule has 1 rings (SSSR count). The van der Waals surface area contributed by atoms with Gasteiger partial charge in [0.15, 0.2) is 0 Å². The van der Waals surface area contributed by atoms with E-state index in [4.69, 9.17) is 0 Å². The van der Waals surface area contributed by atoms with E-state index in [9.17, 15) is 17.6 Å². The number of hydrazine groups is 1. The van der Waals surface area contributed by atoms with Crippen LogP contribution in [0.15, 0.2) is 0 Å². The molecule has 0 aliphatic carbocycles. The van der Waals surface area contributed by atoms with Gasteiger partial charge >= 0.3 is 11.0 Å². The maximum Gasteiger partial charge on any atom is 0.408 e. The standard InChI is InChI=1S/C2Cl2F4N2S4/c3-1(5,6)9-10(2(4,7)8)12-14-13-11-9. The van der Waals surface area contributed by atoms with E-state index >= 15 is 0 Å². The number of rotatable bonds is 2. The fourth-order valence-electron chi connectivity index (χ4n) is 0.434. The quantitative estimate of drug-likeness (QED) is 0.239. The molecule has 0 aromatic rings. The van der Waals surface area contributed by atoms with Gasteiger partial charge in [-0.3, -0.25) is 0 Å². The van der Waals surface area contributed by atoms with Crippen LogP contribution >= 0.6 is 64.8 Å². The highest BCUT2D eigenvalue weighted by molar-refractivity contribution is 9.26. The van der Waals surface area contributed by atoms with Gasteiger partial charge in [-0.2, -0.15) is 17.6 Å². The Kier molecular flexibility index (Phi) is 4.75. The molecule has 1 heterocycles. The lowest BCUT2D eigenvalue weighted by molar-refractivity contribution is -0.160. The highest BCUT2D eigenvalue weighted by atomic mass is 35.5. The van der Waals surface area contributed by atoms with Crippen molar-refractivity contribution in [3.63, 3.8) is 0 Å². The molecule has 0 spiro atoms. The number of hydrogen-bond donors (Lipinski definition) is 0. The van der Waals surface area contributed by atoms with Crippen molar-refractivity contribution in [2.24, 2.45) is 0 Å². The minimum Gasteiger partial charge on any atom is -0.169 e. The average Bonchev–Trinajstić information content (AvgIpc) is 2.01. The van der Waals surface area contributed by atoms with Gasteiger partial charge in [-0.05, 0) is 23.2 Å². The highest BCUT2D eigenvalue weighted by Crippen LogP contribution is 2.59. The van der Waals surface area contributed by atoms with Crippen LogP contribution in [0.25, 0.3) is 0 Å². The van der Waals surface area contributed by atoms with E-state index in [1.165, 1.54) is 0 Å². The lowest BCUT2D eigenvalue weighted by Gasteiger charge is -2.37. The first-order valence-electron chi connectivity index (χ1n) is 2.65. The van der Waals surface area contributed by atoms with Crippen LogP contribution in [0.5, 0.6) is 0 Å². The van der Waals surface area contributed by atoms with Crippen molar-refractivity contribution in [3.8, 4) is 0 Å². The molecule has 14 heavy (non-hydrogen) atoms. The first-order valence-corrected chi connectivity index (χ1v) is 8.13. The van der Waals surface area contributed by atoms with Crippen molar-refractivity contribution in [3.05, 3.63) is 0 Å². The number of nitrogens with zero attached hydrogens (tertiary/aromatic N) is 2. The summed E-state index contributed by atoms with van der Waals surface area (Å²) in [5, 5.41) is 0. The second kappa shape index (κ2) is 4.86. The second-order valence-corrected chi connectivity index (χ2v) is 8.10. The third-order valence-electron chi connectivity index (χ3n) is 0.829. The SMILES string of the molecule is FC(F)(Cl)N1SSSSN1C(F)(F)Cl. The van der Waals surface area contributed by atoms with E-state index < -0.39 is 11.0 Å². The minimum atomic E-state index is -3.93. The van der Waals surface area contributed by atoms with Crippen molar-refractivity contribution < 1.29 is 17.6 Å². The van der Waals surface area contributed by atoms with E-state index in [1.54, 1.807) is 0 Å². The van der Waals surface area contributed by atoms with Gasteiger partial charge in [-0.25, -0.2) is 0 Å². The first-order chi connectivity index (χ1) is 6.23. The van der Waals surface area contributed by atoms with Crippen LogP contribution in [0.1, 0.15) is 0 Å². The maximum absolute atomic E-state index is 12.6. The second-order valence-electron chi connectivity index (χ2n) is 1.77. The molecule has 0 unspecified atom stereocenters. The summed E-state index contributed by atoms with van der Waals surface area (Å²) < 4.78 is 50.2. The molecule has 0 aromatic carbocycles. The van der Waals surface area contributed by atoms with Gasteiger partial charge in [0.25, 0.3) is 0 Å². The summed E-state index contributed by atoms with van der Waals surface area (Å²) in [6.07, 6.45) is 0. The Balaban J connectivity index is 2.80. The van der Waals surface area contributed by atoms with Crippen LogP contribution in [0.3, 0.4) is 0 Å². The van der Waals surface area contributed by atoms with Gasteiger partial charge < -0.3 is 0 Å². The molecule has 1 saturated heterocycles. The number of alkyl halides is 6. The van der Waals surface area contributed by atoms with Crippen molar-refractivity contribution in [1.82, 2.24) is 8.83 Å². The molecule has 2 nitrogen and oxygen atoms in total. The zero-order valence-electron chi connectivity index (χ0n) is 5.80. The molecule has 0 atom stereocenters.